The molecular weight excluding hydrogens is 572 g/mol. The van der Waals surface area contributed by atoms with Gasteiger partial charge in [-0.1, -0.05) is 12.1 Å². The molecule has 0 heterocycles. The number of halogens is 1. The third-order valence-electron chi connectivity index (χ3n) is 5.15. The second kappa shape index (κ2) is 10.8. The number of phenolic OH excluding ortho intramolecular Hbond substituents is 1. The third kappa shape index (κ3) is 7.09. The first-order valence-corrected chi connectivity index (χ1v) is 15.4. The Morgan fingerprint density at radius 3 is 1.95 bits per heavy atom. The van der Waals surface area contributed by atoms with E-state index in [2.05, 4.69) is 10.6 Å². The zero-order chi connectivity index (χ0) is 27.6. The normalized spacial score (nSPS) is 12.4. The highest BCUT2D eigenvalue weighted by molar-refractivity contribution is 7.91. The van der Waals surface area contributed by atoms with Crippen LogP contribution in [0.3, 0.4) is 0 Å². The van der Waals surface area contributed by atoms with E-state index >= 15 is 0 Å². The number of anilines is 1. The SMILES string of the molecule is O=C(NCCc1ccc(S(=O)(=O)CCCl)cc1)Nc1cc(S(=O)(=O)O)cc2cc(S(=O)(=O)O)cc(O)c12. The van der Waals surface area contributed by atoms with Crippen LogP contribution in [-0.2, 0) is 36.5 Å². The van der Waals surface area contributed by atoms with Crippen molar-refractivity contribution in [3.05, 3.63) is 54.1 Å². The maximum atomic E-state index is 12.5. The predicted octanol–water partition coefficient (Wildman–Crippen LogP) is 2.42. The van der Waals surface area contributed by atoms with E-state index in [0.717, 1.165) is 18.2 Å². The van der Waals surface area contributed by atoms with E-state index in [0.29, 0.717) is 18.1 Å². The number of amides is 2. The Labute approximate surface area is 217 Å². The minimum absolute atomic E-state index is 0.0367. The minimum Gasteiger partial charge on any atom is -0.507 e. The summed E-state index contributed by atoms with van der Waals surface area (Å²) in [5.41, 5.74) is 0.440. The minimum atomic E-state index is -4.80. The molecule has 0 aliphatic carbocycles. The summed E-state index contributed by atoms with van der Waals surface area (Å²) in [7, 11) is -13.0. The molecule has 3 aromatic carbocycles. The van der Waals surface area contributed by atoms with Crippen molar-refractivity contribution >= 4 is 64.2 Å². The Bertz CT molecular complexity index is 1670. The van der Waals surface area contributed by atoms with Gasteiger partial charge in [-0.25, -0.2) is 13.2 Å². The maximum Gasteiger partial charge on any atom is 0.319 e. The lowest BCUT2D eigenvalue weighted by atomic mass is 10.1. The van der Waals surface area contributed by atoms with Gasteiger partial charge in [0.25, 0.3) is 20.2 Å². The van der Waals surface area contributed by atoms with Crippen LogP contribution in [0, 0.1) is 0 Å². The monoisotopic (exact) mass is 592 g/mol. The molecule has 12 nitrogen and oxygen atoms in total. The van der Waals surface area contributed by atoms with Gasteiger partial charge in [-0.05, 0) is 47.7 Å². The summed E-state index contributed by atoms with van der Waals surface area (Å²) in [4.78, 5) is 11.1. The Morgan fingerprint density at radius 2 is 1.41 bits per heavy atom. The first-order valence-electron chi connectivity index (χ1n) is 10.3. The number of benzene rings is 3. The van der Waals surface area contributed by atoms with E-state index < -0.39 is 51.6 Å². The van der Waals surface area contributed by atoms with Gasteiger partial charge in [-0.3, -0.25) is 9.11 Å². The number of phenols is 1. The van der Waals surface area contributed by atoms with Gasteiger partial charge in [-0.15, -0.1) is 11.6 Å². The van der Waals surface area contributed by atoms with Gasteiger partial charge in [0, 0.05) is 23.9 Å². The summed E-state index contributed by atoms with van der Waals surface area (Å²) in [6.45, 7) is 0.0778. The quantitative estimate of drug-likeness (QED) is 0.181. The molecule has 0 aliphatic heterocycles. The van der Waals surface area contributed by atoms with Crippen LogP contribution in [0.25, 0.3) is 10.8 Å². The fraction of sp³-hybridized carbons (Fsp3) is 0.190. The molecule has 0 saturated heterocycles. The van der Waals surface area contributed by atoms with Crippen LogP contribution in [0.4, 0.5) is 10.5 Å². The van der Waals surface area contributed by atoms with Crippen LogP contribution in [-0.4, -0.2) is 63.7 Å². The molecule has 200 valence electrons. The molecule has 0 bridgehead atoms. The van der Waals surface area contributed by atoms with Crippen molar-refractivity contribution in [3.8, 4) is 5.75 Å². The third-order valence-corrected chi connectivity index (χ3v) is 8.95. The van der Waals surface area contributed by atoms with Crippen molar-refractivity contribution < 1.29 is 44.3 Å². The largest absolute Gasteiger partial charge is 0.507 e. The van der Waals surface area contributed by atoms with Gasteiger partial charge in [0.1, 0.15) is 5.75 Å². The van der Waals surface area contributed by atoms with Crippen molar-refractivity contribution in [1.82, 2.24) is 5.32 Å². The number of carbonyl (C=O) groups is 1. The van der Waals surface area contributed by atoms with Gasteiger partial charge in [0.15, 0.2) is 9.84 Å². The Balaban J connectivity index is 1.80. The van der Waals surface area contributed by atoms with E-state index in [-0.39, 0.29) is 39.5 Å². The number of hydrogen-bond donors (Lipinski definition) is 5. The Kier molecular flexibility index (Phi) is 8.36. The molecule has 2 amide bonds. The van der Waals surface area contributed by atoms with Crippen molar-refractivity contribution in [2.75, 3.05) is 23.5 Å². The van der Waals surface area contributed by atoms with E-state index in [1.165, 1.54) is 12.1 Å². The molecule has 0 aromatic heterocycles. The number of urea groups is 1. The summed E-state index contributed by atoms with van der Waals surface area (Å²) in [5.74, 6) is -0.924. The van der Waals surface area contributed by atoms with E-state index in [4.69, 9.17) is 11.6 Å². The lowest BCUT2D eigenvalue weighted by Crippen LogP contribution is -2.30. The Morgan fingerprint density at radius 1 is 0.838 bits per heavy atom. The number of rotatable bonds is 9. The summed E-state index contributed by atoms with van der Waals surface area (Å²) < 4.78 is 89.1. The number of nitrogens with one attached hydrogen (secondary N) is 2. The molecule has 0 atom stereocenters. The molecular formula is C21H21ClN2O10S3. The molecule has 37 heavy (non-hydrogen) atoms. The van der Waals surface area contributed by atoms with Gasteiger partial charge >= 0.3 is 6.03 Å². The van der Waals surface area contributed by atoms with Gasteiger partial charge in [0.2, 0.25) is 0 Å². The predicted molar refractivity (Wildman–Crippen MR) is 135 cm³/mol. The van der Waals surface area contributed by atoms with Crippen LogP contribution in [0.1, 0.15) is 5.56 Å². The molecule has 0 radical (unpaired) electrons. The van der Waals surface area contributed by atoms with Crippen LogP contribution < -0.4 is 10.6 Å². The Hall–Kier alpha value is -2.95. The molecule has 0 saturated carbocycles. The van der Waals surface area contributed by atoms with Crippen molar-refractivity contribution in [2.45, 2.75) is 21.1 Å². The number of hydrogen-bond acceptors (Lipinski definition) is 8. The number of aromatic hydroxyl groups is 1. The van der Waals surface area contributed by atoms with E-state index in [1.54, 1.807) is 12.1 Å². The standard InChI is InChI=1S/C21H21ClN2O10S3/c22-6-8-35(27,28)15-3-1-13(2-4-15)5-7-23-21(26)24-18-11-16(36(29,30)31)9-14-10-17(37(32,33)34)12-19(25)20(14)18/h1-4,9-12,25H,5-8H2,(H2,23,24,26)(H,29,30,31)(H,32,33,34). The van der Waals surface area contributed by atoms with Crippen molar-refractivity contribution in [2.24, 2.45) is 0 Å². The molecule has 3 rings (SSSR count). The van der Waals surface area contributed by atoms with Gasteiger partial charge < -0.3 is 15.7 Å². The summed E-state index contributed by atoms with van der Waals surface area (Å²) in [5, 5.41) is 14.8. The summed E-state index contributed by atoms with van der Waals surface area (Å²) >= 11 is 5.50. The van der Waals surface area contributed by atoms with Gasteiger partial charge in [0.05, 0.1) is 26.1 Å². The molecule has 3 aromatic rings. The van der Waals surface area contributed by atoms with Crippen LogP contribution in [0.5, 0.6) is 5.75 Å². The summed E-state index contributed by atoms with van der Waals surface area (Å²) in [6.07, 6.45) is 0.304. The zero-order valence-electron chi connectivity index (χ0n) is 18.7. The number of fused-ring (bicyclic) bond motifs is 1. The van der Waals surface area contributed by atoms with Crippen LogP contribution in [0.2, 0.25) is 0 Å². The second-order valence-corrected chi connectivity index (χ2v) is 13.1. The van der Waals surface area contributed by atoms with Crippen molar-refractivity contribution in [3.63, 3.8) is 0 Å². The van der Waals surface area contributed by atoms with E-state index in [1.807, 2.05) is 0 Å². The maximum absolute atomic E-state index is 12.5. The van der Waals surface area contributed by atoms with Crippen molar-refractivity contribution in [1.29, 1.82) is 0 Å². The van der Waals surface area contributed by atoms with Crippen LogP contribution in [0.15, 0.2) is 63.2 Å². The average Bonchev–Trinajstić information content (AvgIpc) is 2.77. The lowest BCUT2D eigenvalue weighted by Gasteiger charge is -2.14. The molecule has 0 aliphatic rings. The van der Waals surface area contributed by atoms with Crippen LogP contribution >= 0.6 is 11.6 Å². The molecule has 0 unspecified atom stereocenters. The fourth-order valence-corrected chi connectivity index (χ4v) is 6.08. The molecule has 16 heteroatoms. The lowest BCUT2D eigenvalue weighted by molar-refractivity contribution is 0.252. The number of sulfone groups is 1. The average molecular weight is 593 g/mol. The first kappa shape index (κ1) is 28.6. The summed E-state index contributed by atoms with van der Waals surface area (Å²) in [6, 6.07) is 8.48. The second-order valence-electron chi connectivity index (χ2n) is 7.74. The topological polar surface area (TPSA) is 204 Å². The molecule has 0 fully saturated rings. The highest BCUT2D eigenvalue weighted by Gasteiger charge is 2.20. The number of carbonyl (C=O) groups excluding carboxylic acids is 1. The molecule has 5 N–H and O–H groups in total. The number of alkyl halides is 1. The molecule has 0 spiro atoms. The highest BCUT2D eigenvalue weighted by atomic mass is 35.5. The zero-order valence-corrected chi connectivity index (χ0v) is 22.0. The first-order chi connectivity index (χ1) is 17.1. The van der Waals surface area contributed by atoms with E-state index in [9.17, 15) is 44.3 Å². The fourth-order valence-electron chi connectivity index (χ4n) is 3.40. The highest BCUT2D eigenvalue weighted by Crippen LogP contribution is 2.36. The van der Waals surface area contributed by atoms with Gasteiger partial charge in [-0.2, -0.15) is 16.8 Å². The smallest absolute Gasteiger partial charge is 0.319 e.